The lowest BCUT2D eigenvalue weighted by molar-refractivity contribution is 0.915. The smallest absolute Gasteiger partial charge is 0.223 e. The number of aryl methyl sites for hydroxylation is 1. The van der Waals surface area contributed by atoms with E-state index in [0.29, 0.717) is 5.95 Å². The van der Waals surface area contributed by atoms with Crippen LogP contribution in [0.2, 0.25) is 0 Å². The molecule has 2 aromatic rings. The summed E-state index contributed by atoms with van der Waals surface area (Å²) in [5.74, 6) is 1.44. The Bertz CT molecular complexity index is 434. The highest BCUT2D eigenvalue weighted by Gasteiger charge is 2.04. The lowest BCUT2D eigenvalue weighted by Crippen LogP contribution is -1.99. The monoisotopic (exact) mass is 189 g/mol. The molecule has 0 radical (unpaired) electrons. The molecule has 2 rings (SSSR count). The van der Waals surface area contributed by atoms with Crippen molar-refractivity contribution in [1.82, 2.24) is 19.5 Å². The summed E-state index contributed by atoms with van der Waals surface area (Å²) in [6.45, 7) is 0. The van der Waals surface area contributed by atoms with Crippen LogP contribution < -0.4 is 5.32 Å². The second-order valence-corrected chi connectivity index (χ2v) is 2.88. The maximum atomic E-state index is 4.29. The molecule has 5 nitrogen and oxygen atoms in total. The number of anilines is 1. The summed E-state index contributed by atoms with van der Waals surface area (Å²) in [5.41, 5.74) is 0.817. The average Bonchev–Trinajstić information content (AvgIpc) is 2.65. The Kier molecular flexibility index (Phi) is 2.14. The molecule has 0 fully saturated rings. The third-order valence-electron chi connectivity index (χ3n) is 1.93. The zero-order valence-corrected chi connectivity index (χ0v) is 8.10. The lowest BCUT2D eigenvalue weighted by Gasteiger charge is -2.02. The summed E-state index contributed by atoms with van der Waals surface area (Å²) >= 11 is 0. The zero-order valence-electron chi connectivity index (χ0n) is 8.10. The molecule has 72 valence electrons. The minimum atomic E-state index is 0.602. The van der Waals surface area contributed by atoms with Crippen molar-refractivity contribution in [3.63, 3.8) is 0 Å². The Morgan fingerprint density at radius 3 is 2.79 bits per heavy atom. The number of hydrogen-bond donors (Lipinski definition) is 1. The number of nitrogens with one attached hydrogen (secondary N) is 1. The molecule has 0 atom stereocenters. The highest BCUT2D eigenvalue weighted by molar-refractivity contribution is 5.51. The minimum absolute atomic E-state index is 0.602. The lowest BCUT2D eigenvalue weighted by atomic mass is 10.4. The molecule has 0 saturated carbocycles. The first-order chi connectivity index (χ1) is 6.81. The summed E-state index contributed by atoms with van der Waals surface area (Å²) in [7, 11) is 3.72. The van der Waals surface area contributed by atoms with Gasteiger partial charge in [0.2, 0.25) is 5.95 Å². The van der Waals surface area contributed by atoms with Crippen molar-refractivity contribution in [1.29, 1.82) is 0 Å². The largest absolute Gasteiger partial charge is 0.357 e. The van der Waals surface area contributed by atoms with Crippen molar-refractivity contribution in [2.45, 2.75) is 0 Å². The summed E-state index contributed by atoms with van der Waals surface area (Å²) in [6.07, 6.45) is 5.34. The maximum absolute atomic E-state index is 4.29. The van der Waals surface area contributed by atoms with E-state index in [4.69, 9.17) is 0 Å². The van der Waals surface area contributed by atoms with Gasteiger partial charge in [0.25, 0.3) is 0 Å². The molecule has 0 saturated heterocycles. The van der Waals surface area contributed by atoms with Gasteiger partial charge in [-0.25, -0.2) is 15.0 Å². The van der Waals surface area contributed by atoms with Gasteiger partial charge in [-0.3, -0.25) is 0 Å². The van der Waals surface area contributed by atoms with Gasteiger partial charge >= 0.3 is 0 Å². The van der Waals surface area contributed by atoms with Crippen molar-refractivity contribution < 1.29 is 0 Å². The van der Waals surface area contributed by atoms with Crippen LogP contribution >= 0.6 is 0 Å². The molecule has 0 aliphatic carbocycles. The van der Waals surface area contributed by atoms with Crippen LogP contribution in [0.4, 0.5) is 5.95 Å². The predicted molar refractivity (Wildman–Crippen MR) is 53.8 cm³/mol. The Morgan fingerprint density at radius 1 is 1.29 bits per heavy atom. The second kappa shape index (κ2) is 3.45. The van der Waals surface area contributed by atoms with Gasteiger partial charge in [0, 0.05) is 32.7 Å². The SMILES string of the molecule is CNc1nccc(-c2nccn2C)n1. The first kappa shape index (κ1) is 8.68. The van der Waals surface area contributed by atoms with E-state index in [9.17, 15) is 0 Å². The molecule has 0 unspecified atom stereocenters. The van der Waals surface area contributed by atoms with E-state index in [1.165, 1.54) is 0 Å². The highest BCUT2D eigenvalue weighted by Crippen LogP contribution is 2.13. The Morgan fingerprint density at radius 2 is 2.14 bits per heavy atom. The van der Waals surface area contributed by atoms with Crippen LogP contribution in [0.1, 0.15) is 0 Å². The van der Waals surface area contributed by atoms with Crippen molar-refractivity contribution >= 4 is 5.95 Å². The van der Waals surface area contributed by atoms with E-state index in [1.54, 1.807) is 19.4 Å². The van der Waals surface area contributed by atoms with Gasteiger partial charge in [0.05, 0.1) is 0 Å². The van der Waals surface area contributed by atoms with Gasteiger partial charge in [-0.15, -0.1) is 0 Å². The maximum Gasteiger partial charge on any atom is 0.223 e. The third kappa shape index (κ3) is 1.44. The Balaban J connectivity index is 2.47. The fourth-order valence-electron chi connectivity index (χ4n) is 1.22. The first-order valence-electron chi connectivity index (χ1n) is 4.30. The molecule has 14 heavy (non-hydrogen) atoms. The van der Waals surface area contributed by atoms with E-state index < -0.39 is 0 Å². The molecule has 0 amide bonds. The van der Waals surface area contributed by atoms with Crippen LogP contribution in [0, 0.1) is 0 Å². The molecule has 0 aromatic carbocycles. The van der Waals surface area contributed by atoms with Gasteiger partial charge in [-0.05, 0) is 6.07 Å². The van der Waals surface area contributed by atoms with E-state index in [1.807, 2.05) is 23.9 Å². The highest BCUT2D eigenvalue weighted by atomic mass is 15.1. The zero-order chi connectivity index (χ0) is 9.97. The molecular formula is C9H11N5. The van der Waals surface area contributed by atoms with Crippen molar-refractivity contribution in [2.75, 3.05) is 12.4 Å². The number of rotatable bonds is 2. The average molecular weight is 189 g/mol. The van der Waals surface area contributed by atoms with Crippen LogP contribution in [0.5, 0.6) is 0 Å². The second-order valence-electron chi connectivity index (χ2n) is 2.88. The van der Waals surface area contributed by atoms with Crippen LogP contribution in [0.25, 0.3) is 11.5 Å². The fraction of sp³-hybridized carbons (Fsp3) is 0.222. The standard InChI is InChI=1S/C9H11N5/c1-10-9-12-4-3-7(13-9)8-11-5-6-14(8)2/h3-6H,1-2H3,(H,10,12,13). The van der Waals surface area contributed by atoms with Gasteiger partial charge < -0.3 is 9.88 Å². The fourth-order valence-corrected chi connectivity index (χ4v) is 1.22. The van der Waals surface area contributed by atoms with Crippen molar-refractivity contribution in [2.24, 2.45) is 7.05 Å². The molecule has 5 heteroatoms. The molecule has 0 aliphatic rings. The molecule has 1 N–H and O–H groups in total. The third-order valence-corrected chi connectivity index (χ3v) is 1.93. The van der Waals surface area contributed by atoms with E-state index in [-0.39, 0.29) is 0 Å². The molecule has 0 spiro atoms. The van der Waals surface area contributed by atoms with Crippen LogP contribution in [0.15, 0.2) is 24.7 Å². The first-order valence-corrected chi connectivity index (χ1v) is 4.30. The number of hydrogen-bond acceptors (Lipinski definition) is 4. The number of aromatic nitrogens is 4. The molecule has 0 aliphatic heterocycles. The molecule has 2 heterocycles. The van der Waals surface area contributed by atoms with Crippen molar-refractivity contribution in [3.05, 3.63) is 24.7 Å². The molecule has 0 bridgehead atoms. The van der Waals surface area contributed by atoms with Crippen LogP contribution in [-0.2, 0) is 7.05 Å². The topological polar surface area (TPSA) is 55.6 Å². The van der Waals surface area contributed by atoms with Crippen molar-refractivity contribution in [3.8, 4) is 11.5 Å². The van der Waals surface area contributed by atoms with E-state index in [2.05, 4.69) is 20.3 Å². The summed E-state index contributed by atoms with van der Waals surface area (Å²) in [4.78, 5) is 12.5. The predicted octanol–water partition coefficient (Wildman–Crippen LogP) is 0.919. The number of imidazole rings is 1. The van der Waals surface area contributed by atoms with Gasteiger partial charge in [0.15, 0.2) is 5.82 Å². The van der Waals surface area contributed by atoms with Gasteiger partial charge in [0.1, 0.15) is 5.69 Å². The quantitative estimate of drug-likeness (QED) is 0.763. The minimum Gasteiger partial charge on any atom is -0.357 e. The molecular weight excluding hydrogens is 178 g/mol. The molecule has 2 aromatic heterocycles. The summed E-state index contributed by atoms with van der Waals surface area (Å²) in [6, 6.07) is 1.84. The number of nitrogens with zero attached hydrogens (tertiary/aromatic N) is 4. The summed E-state index contributed by atoms with van der Waals surface area (Å²) < 4.78 is 1.92. The summed E-state index contributed by atoms with van der Waals surface area (Å²) in [5, 5.41) is 2.89. The van der Waals surface area contributed by atoms with Gasteiger partial charge in [-0.2, -0.15) is 0 Å². The van der Waals surface area contributed by atoms with E-state index in [0.717, 1.165) is 11.5 Å². The Labute approximate surface area is 81.8 Å². The van der Waals surface area contributed by atoms with Crippen LogP contribution in [-0.4, -0.2) is 26.6 Å². The van der Waals surface area contributed by atoms with E-state index >= 15 is 0 Å². The Hall–Kier alpha value is -1.91. The van der Waals surface area contributed by atoms with Crippen LogP contribution in [0.3, 0.4) is 0 Å². The van der Waals surface area contributed by atoms with Gasteiger partial charge in [-0.1, -0.05) is 0 Å². The normalized spacial score (nSPS) is 10.1.